The third-order valence-electron chi connectivity index (χ3n) is 3.47. The van der Waals surface area contributed by atoms with Gasteiger partial charge in [0, 0.05) is 31.5 Å². The van der Waals surface area contributed by atoms with Gasteiger partial charge >= 0.3 is 0 Å². The molecule has 0 bridgehead atoms. The van der Waals surface area contributed by atoms with Gasteiger partial charge < -0.3 is 10.1 Å². The first-order valence-corrected chi connectivity index (χ1v) is 6.80. The molecule has 0 spiro atoms. The van der Waals surface area contributed by atoms with E-state index in [4.69, 9.17) is 4.74 Å². The lowest BCUT2D eigenvalue weighted by molar-refractivity contribution is 0.136. The maximum Gasteiger partial charge on any atom is 0.0662 e. The monoisotopic (exact) mass is 257 g/mol. The molecule has 1 aliphatic rings. The topological polar surface area (TPSA) is 39.1 Å². The summed E-state index contributed by atoms with van der Waals surface area (Å²) in [7, 11) is 0. The van der Waals surface area contributed by atoms with Crippen LogP contribution in [0.15, 0.2) is 30.6 Å². The van der Waals surface area contributed by atoms with Gasteiger partial charge in [-0.2, -0.15) is 5.10 Å². The number of nitrogens with zero attached hydrogens (tertiary/aromatic N) is 2. The molecule has 1 aliphatic heterocycles. The Labute approximate surface area is 113 Å². The molecular weight excluding hydrogens is 238 g/mol. The van der Waals surface area contributed by atoms with Crippen molar-refractivity contribution in [3.05, 3.63) is 41.7 Å². The summed E-state index contributed by atoms with van der Waals surface area (Å²) in [5.74, 6) is 0. The van der Waals surface area contributed by atoms with Crippen molar-refractivity contribution < 1.29 is 4.74 Å². The Hall–Kier alpha value is -1.65. The Kier molecular flexibility index (Phi) is 3.62. The largest absolute Gasteiger partial charge is 0.380 e. The molecule has 0 aliphatic carbocycles. The Morgan fingerprint density at radius 3 is 3.05 bits per heavy atom. The lowest BCUT2D eigenvalue weighted by Gasteiger charge is -2.02. The number of hydrogen-bond acceptors (Lipinski definition) is 3. The molecule has 1 aromatic carbocycles. The van der Waals surface area contributed by atoms with Gasteiger partial charge in [0.2, 0.25) is 0 Å². The van der Waals surface area contributed by atoms with E-state index in [0.29, 0.717) is 6.61 Å². The van der Waals surface area contributed by atoms with Gasteiger partial charge in [-0.05, 0) is 29.7 Å². The highest BCUT2D eigenvalue weighted by atomic mass is 16.5. The van der Waals surface area contributed by atoms with Crippen LogP contribution in [-0.4, -0.2) is 23.0 Å². The highest BCUT2D eigenvalue weighted by molar-refractivity contribution is 5.63. The molecule has 2 heterocycles. The quantitative estimate of drug-likeness (QED) is 0.835. The Bertz CT molecular complexity index is 562. The summed E-state index contributed by atoms with van der Waals surface area (Å²) < 4.78 is 7.28. The van der Waals surface area contributed by atoms with Crippen molar-refractivity contribution in [3.63, 3.8) is 0 Å². The number of nitrogens with one attached hydrogen (secondary N) is 1. The maximum atomic E-state index is 5.34. The second kappa shape index (κ2) is 5.55. The smallest absolute Gasteiger partial charge is 0.0662 e. The molecule has 19 heavy (non-hydrogen) atoms. The normalized spacial score (nSPS) is 13.7. The molecule has 4 nitrogen and oxygen atoms in total. The van der Waals surface area contributed by atoms with Crippen molar-refractivity contribution in [1.29, 1.82) is 0 Å². The number of aromatic nitrogens is 2. The molecule has 0 radical (unpaired) electrons. The summed E-state index contributed by atoms with van der Waals surface area (Å²) in [6.07, 6.45) is 4.01. The molecule has 0 amide bonds. The van der Waals surface area contributed by atoms with Crippen LogP contribution >= 0.6 is 0 Å². The molecule has 1 N–H and O–H groups in total. The second-order valence-electron chi connectivity index (χ2n) is 4.78. The van der Waals surface area contributed by atoms with Gasteiger partial charge in [-0.15, -0.1) is 0 Å². The summed E-state index contributed by atoms with van der Waals surface area (Å²) in [4.78, 5) is 0. The minimum Gasteiger partial charge on any atom is -0.380 e. The fourth-order valence-electron chi connectivity index (χ4n) is 2.41. The molecule has 0 saturated heterocycles. The van der Waals surface area contributed by atoms with Gasteiger partial charge in [0.05, 0.1) is 19.3 Å². The van der Waals surface area contributed by atoms with E-state index in [2.05, 4.69) is 34.8 Å². The fourth-order valence-corrected chi connectivity index (χ4v) is 2.41. The zero-order chi connectivity index (χ0) is 13.1. The first-order chi connectivity index (χ1) is 9.36. The fraction of sp³-hybridized carbons (Fsp3) is 0.400. The number of benzene rings is 1. The predicted octanol–water partition coefficient (Wildman–Crippen LogP) is 2.19. The third kappa shape index (κ3) is 2.69. The van der Waals surface area contributed by atoms with E-state index in [1.165, 1.54) is 22.3 Å². The average molecular weight is 257 g/mol. The highest BCUT2D eigenvalue weighted by Crippen LogP contribution is 2.24. The molecule has 0 unspecified atom stereocenters. The lowest BCUT2D eigenvalue weighted by Crippen LogP contribution is -2.05. The van der Waals surface area contributed by atoms with Crippen LogP contribution in [0, 0.1) is 0 Å². The summed E-state index contributed by atoms with van der Waals surface area (Å²) in [5, 5.41) is 7.75. The van der Waals surface area contributed by atoms with E-state index in [9.17, 15) is 0 Å². The summed E-state index contributed by atoms with van der Waals surface area (Å²) in [6.45, 7) is 6.25. The number of ether oxygens (including phenoxy) is 1. The Balaban J connectivity index is 1.75. The molecule has 0 saturated carbocycles. The molecule has 0 atom stereocenters. The van der Waals surface area contributed by atoms with Gasteiger partial charge in [-0.3, -0.25) is 4.68 Å². The van der Waals surface area contributed by atoms with Crippen LogP contribution < -0.4 is 5.32 Å². The number of rotatable bonds is 5. The second-order valence-corrected chi connectivity index (χ2v) is 4.78. The molecule has 2 aromatic rings. The first-order valence-electron chi connectivity index (χ1n) is 6.80. The van der Waals surface area contributed by atoms with Gasteiger partial charge in [0.1, 0.15) is 0 Å². The van der Waals surface area contributed by atoms with Gasteiger partial charge in [-0.1, -0.05) is 12.1 Å². The molecular formula is C15H19N3O. The zero-order valence-corrected chi connectivity index (χ0v) is 11.2. The van der Waals surface area contributed by atoms with Crippen molar-refractivity contribution in [2.75, 3.05) is 13.2 Å². The van der Waals surface area contributed by atoms with Crippen LogP contribution in [0.2, 0.25) is 0 Å². The van der Waals surface area contributed by atoms with Crippen LogP contribution in [0.1, 0.15) is 18.1 Å². The number of hydrogen-bond donors (Lipinski definition) is 1. The minimum atomic E-state index is 0.714. The van der Waals surface area contributed by atoms with E-state index in [-0.39, 0.29) is 0 Å². The van der Waals surface area contributed by atoms with Crippen LogP contribution in [0.4, 0.5) is 0 Å². The number of fused-ring (bicyclic) bond motifs is 1. The van der Waals surface area contributed by atoms with E-state index in [0.717, 1.165) is 26.2 Å². The van der Waals surface area contributed by atoms with Crippen molar-refractivity contribution in [2.45, 2.75) is 26.6 Å². The Morgan fingerprint density at radius 2 is 2.16 bits per heavy atom. The SMILES string of the molecule is CCOCCn1cc(-c2ccc3c(c2)CNC3)cn1. The van der Waals surface area contributed by atoms with Crippen molar-refractivity contribution in [1.82, 2.24) is 15.1 Å². The zero-order valence-electron chi connectivity index (χ0n) is 11.2. The van der Waals surface area contributed by atoms with Crippen LogP contribution in [0.5, 0.6) is 0 Å². The Morgan fingerprint density at radius 1 is 1.26 bits per heavy atom. The summed E-state index contributed by atoms with van der Waals surface area (Å²) in [5.41, 5.74) is 5.23. The van der Waals surface area contributed by atoms with E-state index >= 15 is 0 Å². The predicted molar refractivity (Wildman–Crippen MR) is 74.7 cm³/mol. The molecule has 3 rings (SSSR count). The maximum absolute atomic E-state index is 5.34. The molecule has 100 valence electrons. The van der Waals surface area contributed by atoms with Gasteiger partial charge in [0.25, 0.3) is 0 Å². The van der Waals surface area contributed by atoms with Crippen molar-refractivity contribution in [3.8, 4) is 11.1 Å². The van der Waals surface area contributed by atoms with Gasteiger partial charge in [0.15, 0.2) is 0 Å². The minimum absolute atomic E-state index is 0.714. The van der Waals surface area contributed by atoms with Crippen molar-refractivity contribution in [2.24, 2.45) is 0 Å². The average Bonchev–Trinajstić information content (AvgIpc) is 3.06. The summed E-state index contributed by atoms with van der Waals surface area (Å²) in [6, 6.07) is 6.65. The summed E-state index contributed by atoms with van der Waals surface area (Å²) >= 11 is 0. The van der Waals surface area contributed by atoms with Gasteiger partial charge in [-0.25, -0.2) is 0 Å². The van der Waals surface area contributed by atoms with Crippen LogP contribution in [0.3, 0.4) is 0 Å². The van der Waals surface area contributed by atoms with Crippen LogP contribution in [0.25, 0.3) is 11.1 Å². The highest BCUT2D eigenvalue weighted by Gasteiger charge is 2.11. The molecule has 0 fully saturated rings. The standard InChI is InChI=1S/C15H19N3O/c1-2-19-6-5-18-11-15(10-17-18)12-3-4-13-8-16-9-14(13)7-12/h3-4,7,10-11,16H,2,5-6,8-9H2,1H3. The van der Waals surface area contributed by atoms with E-state index in [1.807, 2.05) is 17.8 Å². The molecule has 1 aromatic heterocycles. The molecule has 4 heteroatoms. The lowest BCUT2D eigenvalue weighted by atomic mass is 10.0. The third-order valence-corrected chi connectivity index (χ3v) is 3.47. The van der Waals surface area contributed by atoms with Crippen molar-refractivity contribution >= 4 is 0 Å². The first kappa shape index (κ1) is 12.4. The van der Waals surface area contributed by atoms with Crippen LogP contribution in [-0.2, 0) is 24.4 Å². The van der Waals surface area contributed by atoms with E-state index < -0.39 is 0 Å². The van der Waals surface area contributed by atoms with E-state index in [1.54, 1.807) is 0 Å².